The molecule has 0 spiro atoms. The smallest absolute Gasteiger partial charge is 0.222 e. The van der Waals surface area contributed by atoms with E-state index in [1.165, 1.54) is 0 Å². The lowest BCUT2D eigenvalue weighted by molar-refractivity contribution is -0.251. The maximum atomic E-state index is 13.7. The molecule has 3 N–H and O–H groups in total. The molecule has 0 saturated carbocycles. The average Bonchev–Trinajstić information content (AvgIpc) is 1.03. The van der Waals surface area contributed by atoms with Crippen LogP contribution in [0.1, 0.15) is 154 Å². The third-order valence-electron chi connectivity index (χ3n) is 19.0. The molecule has 3 heterocycles. The number of azide groups is 1. The van der Waals surface area contributed by atoms with E-state index in [0.29, 0.717) is 198 Å². The van der Waals surface area contributed by atoms with Crippen molar-refractivity contribution in [2.75, 3.05) is 165 Å². The SMILES string of the molecule is CCC1O[C@@H](OCCOCCOCCNC(=O)CCOCC(COCCC(=O)NCCOCCOCCO[C@H]2OC(CC)[C@@H](C)[C@H](C)C2C)(COCCC(=O)NCCOCCOCCO[C@H]2OC(CC)[C@@H](C)[C@H](C)C2C)CC(=O)CCCCCN=[N+]=[N-])C(C)[C@@H](C)[C@@H]1C. The first-order valence-electron chi connectivity index (χ1n) is 35.3. The summed E-state index contributed by atoms with van der Waals surface area (Å²) in [6.07, 6.45) is 4.99. The van der Waals surface area contributed by atoms with Gasteiger partial charge in [0, 0.05) is 86.4 Å². The molecule has 3 amide bonds. The van der Waals surface area contributed by atoms with Gasteiger partial charge in [0.05, 0.1) is 157 Å². The topological polar surface area (TPSA) is 292 Å². The highest BCUT2D eigenvalue weighted by Crippen LogP contribution is 2.39. The van der Waals surface area contributed by atoms with E-state index < -0.39 is 5.41 Å². The first-order valence-corrected chi connectivity index (χ1v) is 35.3. The summed E-state index contributed by atoms with van der Waals surface area (Å²) in [5, 5.41) is 12.2. The van der Waals surface area contributed by atoms with Crippen molar-refractivity contribution in [2.24, 2.45) is 63.8 Å². The Morgan fingerprint density at radius 1 is 0.387 bits per heavy atom. The molecule has 3 rings (SSSR count). The molecule has 542 valence electrons. The van der Waals surface area contributed by atoms with Crippen LogP contribution in [0.2, 0.25) is 0 Å². The van der Waals surface area contributed by atoms with Crippen LogP contribution in [0.15, 0.2) is 5.11 Å². The van der Waals surface area contributed by atoms with E-state index in [1.807, 2.05) is 0 Å². The van der Waals surface area contributed by atoms with Crippen molar-refractivity contribution in [3.05, 3.63) is 10.4 Å². The maximum absolute atomic E-state index is 13.7. The highest BCUT2D eigenvalue weighted by molar-refractivity contribution is 5.79. The number of hydrogen-bond acceptors (Lipinski definition) is 20. The largest absolute Gasteiger partial charge is 0.380 e. The molecule has 0 aliphatic carbocycles. The lowest BCUT2D eigenvalue weighted by Crippen LogP contribution is -2.45. The predicted molar refractivity (Wildman–Crippen MR) is 352 cm³/mol. The molecule has 0 aromatic rings. The highest BCUT2D eigenvalue weighted by atomic mass is 16.7. The number of hydrogen-bond donors (Lipinski definition) is 3. The number of ketones is 1. The van der Waals surface area contributed by atoms with Crippen LogP contribution in [0.25, 0.3) is 10.4 Å². The van der Waals surface area contributed by atoms with Crippen LogP contribution in [-0.4, -0.2) is 226 Å². The number of unbranched alkanes of at least 4 members (excludes halogenated alkanes) is 2. The van der Waals surface area contributed by atoms with Gasteiger partial charge in [-0.1, -0.05) is 94.6 Å². The lowest BCUT2D eigenvalue weighted by Gasteiger charge is -2.43. The van der Waals surface area contributed by atoms with Gasteiger partial charge in [-0.05, 0) is 73.1 Å². The maximum Gasteiger partial charge on any atom is 0.222 e. The van der Waals surface area contributed by atoms with Crippen LogP contribution < -0.4 is 16.0 Å². The van der Waals surface area contributed by atoms with Crippen molar-refractivity contribution >= 4 is 23.5 Å². The molecule has 15 atom stereocenters. The van der Waals surface area contributed by atoms with Gasteiger partial charge in [-0.2, -0.15) is 0 Å². The van der Waals surface area contributed by atoms with E-state index in [0.717, 1.165) is 19.3 Å². The first-order chi connectivity index (χ1) is 44.9. The summed E-state index contributed by atoms with van der Waals surface area (Å²) >= 11 is 0. The predicted octanol–water partition coefficient (Wildman–Crippen LogP) is 8.65. The van der Waals surface area contributed by atoms with Gasteiger partial charge in [-0.15, -0.1) is 0 Å². The molecule has 0 bridgehead atoms. The van der Waals surface area contributed by atoms with Crippen molar-refractivity contribution in [1.29, 1.82) is 0 Å². The standard InChI is InChI=1S/C68H126N6O19/c1-13-59-52(7)49(4)55(10)65(91-59)88-42-39-82-36-33-79-30-24-70-62(76)20-27-85-46-68(45-58(75)19-17-16-18-23-73-74-69,47-86-28-21-63(77)71-25-31-80-34-37-83-40-43-89-66-56(11)50(5)53(8)60(14-2)92-66)48-87-29-22-64(78)72-26-32-81-35-38-84-41-44-90-67-57(12)51(6)54(9)61(15-3)93-67/h49-57,59-61,65-67H,13-48H2,1-12H3,(H,70,76)(H,71,77)(H,72,78)/t49-,50-,51-,52-,53-,54-,55?,56?,57?,59?,60?,61?,65-,66-,67+,68?/m0/s1. The molecule has 3 aliphatic heterocycles. The number of nitrogens with one attached hydrogen (secondary N) is 3. The Kier molecular flexibility index (Phi) is 46.1. The monoisotopic (exact) mass is 1330 g/mol. The van der Waals surface area contributed by atoms with E-state index in [9.17, 15) is 19.2 Å². The van der Waals surface area contributed by atoms with Crippen molar-refractivity contribution in [3.63, 3.8) is 0 Å². The molecule has 93 heavy (non-hydrogen) atoms. The number of nitrogens with zero attached hydrogens (tertiary/aromatic N) is 3. The minimum Gasteiger partial charge on any atom is -0.380 e. The van der Waals surface area contributed by atoms with Gasteiger partial charge in [0.2, 0.25) is 17.7 Å². The Labute approximate surface area is 557 Å². The van der Waals surface area contributed by atoms with Gasteiger partial charge in [-0.25, -0.2) is 0 Å². The van der Waals surface area contributed by atoms with E-state index in [4.69, 9.17) is 76.6 Å². The fraction of sp³-hybridized carbons (Fsp3) is 0.941. The Bertz CT molecular complexity index is 1830. The minimum absolute atomic E-state index is 0.00851. The van der Waals surface area contributed by atoms with Crippen LogP contribution in [0.5, 0.6) is 0 Å². The molecule has 25 nitrogen and oxygen atoms in total. The van der Waals surface area contributed by atoms with Gasteiger partial charge in [0.25, 0.3) is 0 Å². The second kappa shape index (κ2) is 51.0. The summed E-state index contributed by atoms with van der Waals surface area (Å²) in [6, 6.07) is 0. The van der Waals surface area contributed by atoms with E-state index in [2.05, 4.69) is 109 Å². The molecule has 25 heteroatoms. The Morgan fingerprint density at radius 3 is 1.01 bits per heavy atom. The number of rotatable bonds is 56. The Balaban J connectivity index is 1.45. The van der Waals surface area contributed by atoms with Gasteiger partial charge in [0.15, 0.2) is 18.9 Å². The number of carbonyl (C=O) groups is 4. The van der Waals surface area contributed by atoms with Crippen LogP contribution >= 0.6 is 0 Å². The third kappa shape index (κ3) is 34.7. The van der Waals surface area contributed by atoms with Crippen molar-refractivity contribution in [3.8, 4) is 0 Å². The summed E-state index contributed by atoms with van der Waals surface area (Å²) in [5.74, 6) is 3.05. The number of carbonyl (C=O) groups excluding carboxylic acids is 4. The molecular formula is C68H126N6O19. The van der Waals surface area contributed by atoms with E-state index in [1.54, 1.807) is 0 Å². The van der Waals surface area contributed by atoms with Crippen molar-refractivity contribution in [1.82, 2.24) is 16.0 Å². The molecule has 0 aromatic carbocycles. The second-order valence-electron chi connectivity index (χ2n) is 25.8. The third-order valence-corrected chi connectivity index (χ3v) is 19.0. The van der Waals surface area contributed by atoms with E-state index >= 15 is 0 Å². The molecule has 0 aromatic heterocycles. The van der Waals surface area contributed by atoms with Crippen molar-refractivity contribution in [2.45, 2.75) is 191 Å². The van der Waals surface area contributed by atoms with Crippen molar-refractivity contribution < 1.29 is 90.2 Å². The zero-order chi connectivity index (χ0) is 68.1. The molecule has 0 radical (unpaired) electrons. The van der Waals surface area contributed by atoms with E-state index in [-0.39, 0.29) is 132 Å². The Hall–Kier alpha value is -3.21. The lowest BCUT2D eigenvalue weighted by atomic mass is 9.78. The zero-order valence-corrected chi connectivity index (χ0v) is 59.2. The van der Waals surface area contributed by atoms with Crippen LogP contribution in [0.4, 0.5) is 0 Å². The second-order valence-corrected chi connectivity index (χ2v) is 25.8. The quantitative estimate of drug-likeness (QED) is 0.0222. The van der Waals surface area contributed by atoms with Gasteiger partial charge in [0.1, 0.15) is 5.78 Å². The van der Waals surface area contributed by atoms with Crippen LogP contribution in [0, 0.1) is 58.7 Å². The molecule has 3 fully saturated rings. The summed E-state index contributed by atoms with van der Waals surface area (Å²) in [4.78, 5) is 55.3. The highest BCUT2D eigenvalue weighted by Gasteiger charge is 2.41. The molecule has 6 unspecified atom stereocenters. The minimum atomic E-state index is -1.04. The normalized spacial score (nSPS) is 27.1. The summed E-state index contributed by atoms with van der Waals surface area (Å²) in [5.41, 5.74) is 7.66. The molecule has 3 saturated heterocycles. The molecular weight excluding hydrogens is 1200 g/mol. The summed E-state index contributed by atoms with van der Waals surface area (Å²) in [7, 11) is 0. The van der Waals surface area contributed by atoms with Gasteiger partial charge in [-0.3, -0.25) is 19.2 Å². The number of ether oxygens (including phenoxy) is 15. The molecule has 3 aliphatic rings. The fourth-order valence-electron chi connectivity index (χ4n) is 12.0. The van der Waals surface area contributed by atoms with Gasteiger partial charge < -0.3 is 87.0 Å². The first kappa shape index (κ1) is 84.0. The summed E-state index contributed by atoms with van der Waals surface area (Å²) < 4.78 is 89.4. The Morgan fingerprint density at radius 2 is 0.699 bits per heavy atom. The summed E-state index contributed by atoms with van der Waals surface area (Å²) in [6.45, 7) is 33.3. The number of amides is 3. The number of Topliss-reactive ketones (excluding diaryl/α,β-unsaturated/α-hetero) is 1. The van der Waals surface area contributed by atoms with Crippen LogP contribution in [0.3, 0.4) is 0 Å². The van der Waals surface area contributed by atoms with Crippen LogP contribution in [-0.2, 0) is 90.2 Å². The van der Waals surface area contributed by atoms with Gasteiger partial charge >= 0.3 is 0 Å². The fourth-order valence-corrected chi connectivity index (χ4v) is 12.0. The zero-order valence-electron chi connectivity index (χ0n) is 59.2. The average molecular weight is 1330 g/mol.